The van der Waals surface area contributed by atoms with Crippen LogP contribution in [0.4, 0.5) is 0 Å². The molecule has 11 nitrogen and oxygen atoms in total. The van der Waals surface area contributed by atoms with Crippen LogP contribution in [0.15, 0.2) is 0 Å². The monoisotopic (exact) mass is 455 g/mol. The number of aliphatic hydroxyl groups excluding tert-OH is 2. The van der Waals surface area contributed by atoms with Crippen LogP contribution in [0.1, 0.15) is 41.0 Å². The van der Waals surface area contributed by atoms with Gasteiger partial charge >= 0.3 is 11.9 Å². The van der Waals surface area contributed by atoms with Crippen molar-refractivity contribution in [2.75, 3.05) is 38.7 Å². The van der Waals surface area contributed by atoms with E-state index in [2.05, 4.69) is 5.32 Å². The number of esters is 2. The zero-order valence-corrected chi connectivity index (χ0v) is 18.9. The van der Waals surface area contributed by atoms with Gasteiger partial charge in [-0.2, -0.15) is 8.42 Å². The quantitative estimate of drug-likeness (QED) is 0.174. The van der Waals surface area contributed by atoms with Gasteiger partial charge in [-0.1, -0.05) is 13.8 Å². The maximum atomic E-state index is 12.0. The van der Waals surface area contributed by atoms with E-state index in [1.807, 2.05) is 0 Å². The summed E-state index contributed by atoms with van der Waals surface area (Å²) in [5.41, 5.74) is -2.37. The lowest BCUT2D eigenvalue weighted by Gasteiger charge is -2.28. The number of amides is 1. The molecule has 30 heavy (non-hydrogen) atoms. The molecule has 0 aromatic heterocycles. The first kappa shape index (κ1) is 28.2. The molecule has 0 rings (SSSR count). The van der Waals surface area contributed by atoms with Gasteiger partial charge in [0.2, 0.25) is 5.91 Å². The number of hydrogen-bond donors (Lipinski definition) is 3. The fourth-order valence-corrected chi connectivity index (χ4v) is 2.93. The summed E-state index contributed by atoms with van der Waals surface area (Å²) in [7, 11) is -3.91. The SMILES string of the molecule is CC(=O)NCCCS(=O)(=O)OCC(C)(C)[C@@H](O)C(=O)OCCOC(=O)C(C)(C)CO. The van der Waals surface area contributed by atoms with E-state index in [1.165, 1.54) is 34.6 Å². The Labute approximate surface area is 177 Å². The Morgan fingerprint density at radius 2 is 1.63 bits per heavy atom. The van der Waals surface area contributed by atoms with Crippen LogP contribution in [0.3, 0.4) is 0 Å². The first-order valence-electron chi connectivity index (χ1n) is 9.39. The maximum Gasteiger partial charge on any atom is 0.335 e. The average Bonchev–Trinajstić information content (AvgIpc) is 2.66. The molecule has 3 N–H and O–H groups in total. The number of nitrogens with one attached hydrogen (secondary N) is 1. The summed E-state index contributed by atoms with van der Waals surface area (Å²) in [6.07, 6.45) is -1.53. The highest BCUT2D eigenvalue weighted by Gasteiger charge is 2.36. The van der Waals surface area contributed by atoms with E-state index in [-0.39, 0.29) is 37.8 Å². The number of carbonyl (C=O) groups is 3. The van der Waals surface area contributed by atoms with E-state index in [9.17, 15) is 27.9 Å². The molecule has 0 heterocycles. The third-order valence-electron chi connectivity index (χ3n) is 4.03. The number of carbonyl (C=O) groups excluding carboxylic acids is 3. The lowest BCUT2D eigenvalue weighted by Crippen LogP contribution is -2.42. The van der Waals surface area contributed by atoms with E-state index in [0.29, 0.717) is 0 Å². The van der Waals surface area contributed by atoms with Crippen molar-refractivity contribution < 1.29 is 46.7 Å². The second-order valence-corrected chi connectivity index (χ2v) is 9.86. The van der Waals surface area contributed by atoms with Crippen LogP contribution in [0.25, 0.3) is 0 Å². The molecule has 176 valence electrons. The predicted octanol–water partition coefficient (Wildman–Crippen LogP) is -0.649. The summed E-state index contributed by atoms with van der Waals surface area (Å²) >= 11 is 0. The summed E-state index contributed by atoms with van der Waals surface area (Å²) in [6.45, 7) is 5.86. The smallest absolute Gasteiger partial charge is 0.335 e. The van der Waals surface area contributed by atoms with Crippen LogP contribution in [0, 0.1) is 10.8 Å². The highest BCUT2D eigenvalue weighted by atomic mass is 32.2. The second kappa shape index (κ2) is 12.2. The Morgan fingerprint density at radius 3 is 2.17 bits per heavy atom. The van der Waals surface area contributed by atoms with E-state index < -0.39 is 52.2 Å². The highest BCUT2D eigenvalue weighted by molar-refractivity contribution is 7.86. The highest BCUT2D eigenvalue weighted by Crippen LogP contribution is 2.23. The van der Waals surface area contributed by atoms with Crippen molar-refractivity contribution in [3.8, 4) is 0 Å². The van der Waals surface area contributed by atoms with Crippen molar-refractivity contribution >= 4 is 28.0 Å². The molecule has 0 saturated carbocycles. The van der Waals surface area contributed by atoms with Crippen LogP contribution in [-0.4, -0.2) is 81.3 Å². The van der Waals surface area contributed by atoms with Gasteiger partial charge in [-0.25, -0.2) is 4.79 Å². The van der Waals surface area contributed by atoms with Gasteiger partial charge in [-0.15, -0.1) is 0 Å². The lowest BCUT2D eigenvalue weighted by molar-refractivity contribution is -0.168. The fraction of sp³-hybridized carbons (Fsp3) is 0.833. The molecular formula is C18H33NO10S. The molecule has 0 radical (unpaired) electrons. The fourth-order valence-electron chi connectivity index (χ4n) is 1.83. The van der Waals surface area contributed by atoms with Crippen molar-refractivity contribution in [2.24, 2.45) is 10.8 Å². The van der Waals surface area contributed by atoms with Gasteiger partial charge < -0.3 is 25.0 Å². The minimum atomic E-state index is -3.91. The van der Waals surface area contributed by atoms with E-state index in [4.69, 9.17) is 18.8 Å². The van der Waals surface area contributed by atoms with E-state index in [0.717, 1.165) is 0 Å². The molecule has 0 unspecified atom stereocenters. The third-order valence-corrected chi connectivity index (χ3v) is 5.29. The molecule has 0 aliphatic heterocycles. The maximum absolute atomic E-state index is 12.0. The molecule has 0 fully saturated rings. The van der Waals surface area contributed by atoms with Crippen molar-refractivity contribution in [3.63, 3.8) is 0 Å². The molecule has 1 amide bonds. The van der Waals surface area contributed by atoms with Crippen molar-refractivity contribution in [1.29, 1.82) is 0 Å². The Morgan fingerprint density at radius 1 is 1.07 bits per heavy atom. The first-order chi connectivity index (χ1) is 13.6. The minimum Gasteiger partial charge on any atom is -0.462 e. The van der Waals surface area contributed by atoms with Crippen LogP contribution in [-0.2, 0) is 38.2 Å². The van der Waals surface area contributed by atoms with Crippen LogP contribution in [0.2, 0.25) is 0 Å². The van der Waals surface area contributed by atoms with Gasteiger partial charge in [0.05, 0.1) is 24.4 Å². The summed E-state index contributed by atoms with van der Waals surface area (Å²) in [5.74, 6) is -2.30. The average molecular weight is 456 g/mol. The summed E-state index contributed by atoms with van der Waals surface area (Å²) in [4.78, 5) is 34.4. The van der Waals surface area contributed by atoms with Crippen LogP contribution >= 0.6 is 0 Å². The molecule has 0 aliphatic carbocycles. The summed E-state index contributed by atoms with van der Waals surface area (Å²) in [6, 6.07) is 0. The van der Waals surface area contributed by atoms with Gasteiger partial charge in [0.1, 0.15) is 13.2 Å². The van der Waals surface area contributed by atoms with Crippen molar-refractivity contribution in [2.45, 2.75) is 47.1 Å². The molecule has 0 aromatic rings. The number of ether oxygens (including phenoxy) is 2. The second-order valence-electron chi connectivity index (χ2n) is 8.10. The molecule has 0 aliphatic rings. The number of rotatable bonds is 14. The number of hydrogen-bond acceptors (Lipinski definition) is 10. The van der Waals surface area contributed by atoms with Gasteiger partial charge in [-0.05, 0) is 20.3 Å². The van der Waals surface area contributed by atoms with Crippen LogP contribution < -0.4 is 5.32 Å². The predicted molar refractivity (Wildman–Crippen MR) is 106 cm³/mol. The largest absolute Gasteiger partial charge is 0.462 e. The zero-order chi connectivity index (χ0) is 23.6. The summed E-state index contributed by atoms with van der Waals surface area (Å²) < 4.78 is 38.4. The standard InChI is InChI=1S/C18H33NO10S/c1-13(21)19-7-6-10-30(25,26)29-12-18(4,5)14(22)15(23)27-8-9-28-16(24)17(2,3)11-20/h14,20,22H,6-12H2,1-5H3,(H,19,21)/t14-/m0/s1. The molecule has 0 bridgehead atoms. The van der Waals surface area contributed by atoms with Gasteiger partial charge in [0.25, 0.3) is 10.1 Å². The molecule has 12 heteroatoms. The zero-order valence-electron chi connectivity index (χ0n) is 18.1. The lowest BCUT2D eigenvalue weighted by atomic mass is 9.88. The summed E-state index contributed by atoms with van der Waals surface area (Å²) in [5, 5.41) is 21.7. The van der Waals surface area contributed by atoms with E-state index in [1.54, 1.807) is 0 Å². The Kier molecular flexibility index (Phi) is 11.5. The topological polar surface area (TPSA) is 166 Å². The normalized spacial score (nSPS) is 13.4. The van der Waals surface area contributed by atoms with Gasteiger partial charge in [0.15, 0.2) is 6.10 Å². The van der Waals surface area contributed by atoms with Crippen molar-refractivity contribution in [1.82, 2.24) is 5.32 Å². The molecule has 1 atom stereocenters. The Hall–Kier alpha value is -1.76. The van der Waals surface area contributed by atoms with E-state index >= 15 is 0 Å². The molecule has 0 spiro atoms. The third kappa shape index (κ3) is 10.9. The minimum absolute atomic E-state index is 0.152. The van der Waals surface area contributed by atoms with Gasteiger partial charge in [0, 0.05) is 18.9 Å². The van der Waals surface area contributed by atoms with Gasteiger partial charge in [-0.3, -0.25) is 13.8 Å². The van der Waals surface area contributed by atoms with Crippen molar-refractivity contribution in [3.05, 3.63) is 0 Å². The van der Waals surface area contributed by atoms with Crippen LogP contribution in [0.5, 0.6) is 0 Å². The Bertz CT molecular complexity index is 687. The molecular weight excluding hydrogens is 422 g/mol. The first-order valence-corrected chi connectivity index (χ1v) is 11.0. The molecule has 0 saturated heterocycles. The Balaban J connectivity index is 4.43. The number of aliphatic hydroxyl groups is 2. The molecule has 0 aromatic carbocycles.